The number of nitrogens with zero attached hydrogens (tertiary/aromatic N) is 3. The van der Waals surface area contributed by atoms with E-state index in [0.29, 0.717) is 22.9 Å². The molecule has 1 aliphatic rings. The summed E-state index contributed by atoms with van der Waals surface area (Å²) in [6.45, 7) is 7.22. The molecule has 1 aromatic heterocycles. The van der Waals surface area contributed by atoms with Gasteiger partial charge in [0.2, 0.25) is 0 Å². The van der Waals surface area contributed by atoms with Gasteiger partial charge in [-0.2, -0.15) is 0 Å². The van der Waals surface area contributed by atoms with Crippen molar-refractivity contribution in [2.24, 2.45) is 0 Å². The van der Waals surface area contributed by atoms with Gasteiger partial charge in [0, 0.05) is 0 Å². The van der Waals surface area contributed by atoms with Crippen LogP contribution < -0.4 is 5.32 Å². The van der Waals surface area contributed by atoms with Crippen LogP contribution in [0.25, 0.3) is 5.69 Å². The van der Waals surface area contributed by atoms with Crippen molar-refractivity contribution in [2.45, 2.75) is 33.2 Å². The lowest BCUT2D eigenvalue weighted by Crippen LogP contribution is -2.37. The summed E-state index contributed by atoms with van der Waals surface area (Å²) in [6, 6.07) is 0. The van der Waals surface area contributed by atoms with Crippen LogP contribution in [0.1, 0.15) is 31.1 Å². The normalized spacial score (nSPS) is 15.6. The van der Waals surface area contributed by atoms with Crippen molar-refractivity contribution in [2.75, 3.05) is 5.32 Å². The minimum absolute atomic E-state index is 0.120. The van der Waals surface area contributed by atoms with Crippen LogP contribution in [-0.4, -0.2) is 14.8 Å². The molecule has 7 heteroatoms. The van der Waals surface area contributed by atoms with Gasteiger partial charge in [-0.15, -0.1) is 10.2 Å². The summed E-state index contributed by atoms with van der Waals surface area (Å²) < 4.78 is 30.1. The first-order chi connectivity index (χ1) is 9.25. The fraction of sp³-hybridized carbons (Fsp3) is 0.385. The lowest BCUT2D eigenvalue weighted by molar-refractivity contribution is 0.483. The topological polar surface area (TPSA) is 42.7 Å². The number of aromatic nitrogens is 3. The number of hydrogen-bond donors (Lipinski definition) is 1. The van der Waals surface area contributed by atoms with Gasteiger partial charge in [0.05, 0.1) is 21.4 Å². The first kappa shape index (κ1) is 13.5. The van der Waals surface area contributed by atoms with Crippen molar-refractivity contribution >= 4 is 21.6 Å². The van der Waals surface area contributed by atoms with E-state index in [4.69, 9.17) is 0 Å². The summed E-state index contributed by atoms with van der Waals surface area (Å²) in [5.41, 5.74) is 0.657. The van der Waals surface area contributed by atoms with E-state index in [9.17, 15) is 8.78 Å². The SMILES string of the molecule is Cc1c(Br)c(F)c(F)c2c1-n1c(C)nnc1C(C)(C)N2. The number of nitrogens with one attached hydrogen (secondary N) is 1. The molecule has 2 aromatic rings. The number of rotatable bonds is 0. The van der Waals surface area contributed by atoms with Crippen molar-refractivity contribution in [3.8, 4) is 5.69 Å². The maximum atomic E-state index is 14.3. The molecule has 1 aliphatic heterocycles. The van der Waals surface area contributed by atoms with Crippen molar-refractivity contribution in [1.29, 1.82) is 0 Å². The Labute approximate surface area is 123 Å². The third-order valence-corrected chi connectivity index (χ3v) is 4.51. The molecule has 0 amide bonds. The zero-order valence-electron chi connectivity index (χ0n) is 11.5. The Morgan fingerprint density at radius 3 is 2.45 bits per heavy atom. The summed E-state index contributed by atoms with van der Waals surface area (Å²) in [6.07, 6.45) is 0. The summed E-state index contributed by atoms with van der Waals surface area (Å²) in [5.74, 6) is -0.483. The second kappa shape index (κ2) is 4.00. The molecular formula is C13H13BrF2N4. The van der Waals surface area contributed by atoms with Crippen LogP contribution in [0.4, 0.5) is 14.5 Å². The first-order valence-corrected chi connectivity index (χ1v) is 6.93. The fourth-order valence-corrected chi connectivity index (χ4v) is 2.92. The third-order valence-electron chi connectivity index (χ3n) is 3.57. The molecular weight excluding hydrogens is 330 g/mol. The van der Waals surface area contributed by atoms with Crippen LogP contribution in [0.3, 0.4) is 0 Å². The van der Waals surface area contributed by atoms with Gasteiger partial charge >= 0.3 is 0 Å². The molecule has 20 heavy (non-hydrogen) atoms. The number of hydrogen-bond acceptors (Lipinski definition) is 3. The molecule has 4 nitrogen and oxygen atoms in total. The monoisotopic (exact) mass is 342 g/mol. The highest BCUT2D eigenvalue weighted by atomic mass is 79.9. The summed E-state index contributed by atoms with van der Waals surface area (Å²) in [7, 11) is 0. The number of halogens is 3. The molecule has 106 valence electrons. The van der Waals surface area contributed by atoms with Crippen LogP contribution >= 0.6 is 15.9 Å². The molecule has 0 atom stereocenters. The van der Waals surface area contributed by atoms with E-state index < -0.39 is 17.2 Å². The number of benzene rings is 1. The summed E-state index contributed by atoms with van der Waals surface area (Å²) in [5, 5.41) is 11.2. The van der Waals surface area contributed by atoms with Gasteiger partial charge in [-0.25, -0.2) is 8.78 Å². The zero-order valence-corrected chi connectivity index (χ0v) is 13.1. The number of aryl methyl sites for hydroxylation is 1. The van der Waals surface area contributed by atoms with Crippen LogP contribution in [0.2, 0.25) is 0 Å². The van der Waals surface area contributed by atoms with Gasteiger partial charge < -0.3 is 5.32 Å². The molecule has 0 aliphatic carbocycles. The molecule has 0 saturated carbocycles. The van der Waals surface area contributed by atoms with Gasteiger partial charge in [-0.3, -0.25) is 4.57 Å². The van der Waals surface area contributed by atoms with Crippen LogP contribution in [-0.2, 0) is 5.54 Å². The maximum absolute atomic E-state index is 14.3. The highest BCUT2D eigenvalue weighted by Gasteiger charge is 2.38. The second-order valence-corrected chi connectivity index (χ2v) is 6.24. The second-order valence-electron chi connectivity index (χ2n) is 5.45. The Bertz CT molecular complexity index is 737. The standard InChI is InChI=1S/C13H13BrF2N4/c1-5-7(14)8(15)9(16)10-11(5)20-6(2)18-19-12(20)13(3,4)17-10/h17H,1-4H3. The van der Waals surface area contributed by atoms with E-state index in [1.807, 2.05) is 13.8 Å². The molecule has 0 bridgehead atoms. The molecule has 1 aromatic carbocycles. The highest BCUT2D eigenvalue weighted by Crippen LogP contribution is 2.43. The van der Waals surface area contributed by atoms with E-state index in [2.05, 4.69) is 31.4 Å². The van der Waals surface area contributed by atoms with Crippen molar-refractivity contribution < 1.29 is 8.78 Å². The molecule has 2 heterocycles. The van der Waals surface area contributed by atoms with E-state index in [1.54, 1.807) is 18.4 Å². The predicted molar refractivity (Wildman–Crippen MR) is 75.1 cm³/mol. The Balaban J connectivity index is 2.48. The average molecular weight is 343 g/mol. The van der Waals surface area contributed by atoms with Gasteiger partial charge in [-0.1, -0.05) is 0 Å². The van der Waals surface area contributed by atoms with Crippen LogP contribution in [0, 0.1) is 25.5 Å². The highest BCUT2D eigenvalue weighted by molar-refractivity contribution is 9.10. The first-order valence-electron chi connectivity index (χ1n) is 6.13. The fourth-order valence-electron chi connectivity index (χ4n) is 2.56. The Hall–Kier alpha value is -1.50. The molecule has 3 rings (SSSR count). The Morgan fingerprint density at radius 1 is 1.15 bits per heavy atom. The van der Waals surface area contributed by atoms with Crippen LogP contribution in [0.15, 0.2) is 4.47 Å². The maximum Gasteiger partial charge on any atom is 0.185 e. The van der Waals surface area contributed by atoms with Gasteiger partial charge in [0.15, 0.2) is 17.5 Å². The summed E-state index contributed by atoms with van der Waals surface area (Å²) >= 11 is 3.11. The molecule has 1 N–H and O–H groups in total. The minimum Gasteiger partial charge on any atom is -0.369 e. The average Bonchev–Trinajstić information content (AvgIpc) is 2.77. The number of fused-ring (bicyclic) bond motifs is 3. The van der Waals surface area contributed by atoms with Gasteiger partial charge in [0.25, 0.3) is 0 Å². The van der Waals surface area contributed by atoms with Crippen LogP contribution in [0.5, 0.6) is 0 Å². The largest absolute Gasteiger partial charge is 0.369 e. The van der Waals surface area contributed by atoms with E-state index in [1.165, 1.54) is 0 Å². The van der Waals surface area contributed by atoms with E-state index in [-0.39, 0.29) is 10.2 Å². The van der Waals surface area contributed by atoms with Crippen molar-refractivity contribution in [1.82, 2.24) is 14.8 Å². The van der Waals surface area contributed by atoms with Crippen molar-refractivity contribution in [3.05, 3.63) is 33.3 Å². The lowest BCUT2D eigenvalue weighted by Gasteiger charge is -2.35. The quantitative estimate of drug-likeness (QED) is 0.744. The van der Waals surface area contributed by atoms with Gasteiger partial charge in [0.1, 0.15) is 5.82 Å². The lowest BCUT2D eigenvalue weighted by atomic mass is 9.98. The molecule has 0 radical (unpaired) electrons. The van der Waals surface area contributed by atoms with Crippen molar-refractivity contribution in [3.63, 3.8) is 0 Å². The van der Waals surface area contributed by atoms with E-state index in [0.717, 1.165) is 0 Å². The van der Waals surface area contributed by atoms with E-state index >= 15 is 0 Å². The molecule has 0 fully saturated rings. The molecule has 0 saturated heterocycles. The minimum atomic E-state index is -0.899. The third kappa shape index (κ3) is 1.55. The smallest absolute Gasteiger partial charge is 0.185 e. The summed E-state index contributed by atoms with van der Waals surface area (Å²) in [4.78, 5) is 0. The number of anilines is 1. The Kier molecular flexibility index (Phi) is 2.70. The molecule has 0 spiro atoms. The Morgan fingerprint density at radius 2 is 1.80 bits per heavy atom. The van der Waals surface area contributed by atoms with Gasteiger partial charge in [-0.05, 0) is 49.2 Å². The molecule has 0 unspecified atom stereocenters. The zero-order chi connectivity index (χ0) is 14.8. The predicted octanol–water partition coefficient (Wildman–Crippen LogP) is 3.59.